The SMILES string of the molecule is COc1ccc(OC(C)C(=O)NC2CCNCC2)cc1. The van der Waals surface area contributed by atoms with Gasteiger partial charge in [0.25, 0.3) is 5.91 Å². The van der Waals surface area contributed by atoms with E-state index in [2.05, 4.69) is 10.6 Å². The molecule has 1 fully saturated rings. The van der Waals surface area contributed by atoms with Crippen molar-refractivity contribution in [3.63, 3.8) is 0 Å². The molecule has 110 valence electrons. The molecule has 1 heterocycles. The van der Waals surface area contributed by atoms with Crippen molar-refractivity contribution in [3.05, 3.63) is 24.3 Å². The second-order valence-corrected chi connectivity index (χ2v) is 4.97. The Morgan fingerprint density at radius 3 is 2.45 bits per heavy atom. The molecule has 1 aromatic carbocycles. The van der Waals surface area contributed by atoms with E-state index >= 15 is 0 Å². The van der Waals surface area contributed by atoms with Crippen molar-refractivity contribution in [2.24, 2.45) is 0 Å². The topological polar surface area (TPSA) is 59.6 Å². The molecule has 5 heteroatoms. The van der Waals surface area contributed by atoms with Crippen LogP contribution in [0.1, 0.15) is 19.8 Å². The van der Waals surface area contributed by atoms with Gasteiger partial charge >= 0.3 is 0 Å². The fraction of sp³-hybridized carbons (Fsp3) is 0.533. The zero-order valence-corrected chi connectivity index (χ0v) is 12.0. The van der Waals surface area contributed by atoms with E-state index in [9.17, 15) is 4.79 Å². The van der Waals surface area contributed by atoms with Crippen molar-refractivity contribution in [2.45, 2.75) is 31.9 Å². The number of ether oxygens (including phenoxy) is 2. The second-order valence-electron chi connectivity index (χ2n) is 4.97. The highest BCUT2D eigenvalue weighted by Gasteiger charge is 2.20. The summed E-state index contributed by atoms with van der Waals surface area (Å²) in [6.45, 7) is 3.68. The van der Waals surface area contributed by atoms with E-state index in [0.29, 0.717) is 5.75 Å². The summed E-state index contributed by atoms with van der Waals surface area (Å²) in [5, 5.41) is 6.31. The monoisotopic (exact) mass is 278 g/mol. The minimum Gasteiger partial charge on any atom is -0.497 e. The minimum atomic E-state index is -0.502. The zero-order valence-electron chi connectivity index (χ0n) is 12.0. The predicted octanol–water partition coefficient (Wildman–Crippen LogP) is 1.33. The number of amides is 1. The molecule has 1 aliphatic rings. The number of carbonyl (C=O) groups is 1. The first-order valence-electron chi connectivity index (χ1n) is 7.01. The molecular weight excluding hydrogens is 256 g/mol. The van der Waals surface area contributed by atoms with Crippen LogP contribution < -0.4 is 20.1 Å². The van der Waals surface area contributed by atoms with Crippen LogP contribution >= 0.6 is 0 Å². The highest BCUT2D eigenvalue weighted by atomic mass is 16.5. The molecule has 1 aromatic rings. The molecule has 2 rings (SSSR count). The molecule has 0 aromatic heterocycles. The van der Waals surface area contributed by atoms with Crippen LogP contribution in [0.2, 0.25) is 0 Å². The fourth-order valence-corrected chi connectivity index (χ4v) is 2.20. The van der Waals surface area contributed by atoms with Crippen molar-refractivity contribution in [1.82, 2.24) is 10.6 Å². The van der Waals surface area contributed by atoms with Crippen LogP contribution in [0.5, 0.6) is 11.5 Å². The predicted molar refractivity (Wildman–Crippen MR) is 77.1 cm³/mol. The second kappa shape index (κ2) is 7.14. The third kappa shape index (κ3) is 4.13. The number of piperidine rings is 1. The molecule has 1 atom stereocenters. The molecule has 1 unspecified atom stereocenters. The van der Waals surface area contributed by atoms with Crippen molar-refractivity contribution in [3.8, 4) is 11.5 Å². The van der Waals surface area contributed by atoms with Crippen molar-refractivity contribution >= 4 is 5.91 Å². The molecule has 0 saturated carbocycles. The van der Waals surface area contributed by atoms with Gasteiger partial charge in [0, 0.05) is 6.04 Å². The van der Waals surface area contributed by atoms with Crippen LogP contribution in [0.4, 0.5) is 0 Å². The normalized spacial score (nSPS) is 17.3. The van der Waals surface area contributed by atoms with Gasteiger partial charge in [-0.2, -0.15) is 0 Å². The van der Waals surface area contributed by atoms with E-state index < -0.39 is 6.10 Å². The highest BCUT2D eigenvalue weighted by Crippen LogP contribution is 2.18. The average Bonchev–Trinajstić information content (AvgIpc) is 2.49. The zero-order chi connectivity index (χ0) is 14.4. The number of carbonyl (C=O) groups excluding carboxylic acids is 1. The number of hydrogen-bond acceptors (Lipinski definition) is 4. The molecule has 1 amide bonds. The Morgan fingerprint density at radius 1 is 1.25 bits per heavy atom. The van der Waals surface area contributed by atoms with E-state index in [1.165, 1.54) is 0 Å². The number of benzene rings is 1. The van der Waals surface area contributed by atoms with Crippen molar-refractivity contribution < 1.29 is 14.3 Å². The van der Waals surface area contributed by atoms with Crippen LogP contribution in [-0.2, 0) is 4.79 Å². The lowest BCUT2D eigenvalue weighted by Gasteiger charge is -2.25. The van der Waals surface area contributed by atoms with Crippen molar-refractivity contribution in [1.29, 1.82) is 0 Å². The lowest BCUT2D eigenvalue weighted by atomic mass is 10.1. The van der Waals surface area contributed by atoms with E-state index in [1.54, 1.807) is 26.2 Å². The maximum atomic E-state index is 12.1. The Labute approximate surface area is 119 Å². The number of nitrogens with one attached hydrogen (secondary N) is 2. The number of hydrogen-bond donors (Lipinski definition) is 2. The maximum absolute atomic E-state index is 12.1. The van der Waals surface area contributed by atoms with Gasteiger partial charge in [0.1, 0.15) is 11.5 Å². The summed E-state index contributed by atoms with van der Waals surface area (Å²) in [7, 11) is 1.62. The molecule has 20 heavy (non-hydrogen) atoms. The quantitative estimate of drug-likeness (QED) is 0.853. The van der Waals surface area contributed by atoms with E-state index in [4.69, 9.17) is 9.47 Å². The molecule has 1 aliphatic heterocycles. The summed E-state index contributed by atoms with van der Waals surface area (Å²) >= 11 is 0. The van der Waals surface area contributed by atoms with Crippen LogP contribution in [0.25, 0.3) is 0 Å². The van der Waals surface area contributed by atoms with Crippen LogP contribution in [0.15, 0.2) is 24.3 Å². The van der Waals surface area contributed by atoms with Gasteiger partial charge < -0.3 is 20.1 Å². The Kier molecular flexibility index (Phi) is 5.24. The Hall–Kier alpha value is -1.75. The first-order chi connectivity index (χ1) is 9.69. The first kappa shape index (κ1) is 14.7. The molecule has 1 saturated heterocycles. The number of methoxy groups -OCH3 is 1. The lowest BCUT2D eigenvalue weighted by molar-refractivity contribution is -0.128. The van der Waals surface area contributed by atoms with Crippen LogP contribution in [0.3, 0.4) is 0 Å². The van der Waals surface area contributed by atoms with Gasteiger partial charge in [-0.15, -0.1) is 0 Å². The molecule has 0 bridgehead atoms. The summed E-state index contributed by atoms with van der Waals surface area (Å²) in [5.41, 5.74) is 0. The van der Waals surface area contributed by atoms with Gasteiger partial charge in [-0.1, -0.05) is 0 Å². The average molecular weight is 278 g/mol. The summed E-state index contributed by atoms with van der Waals surface area (Å²) in [4.78, 5) is 12.1. The summed E-state index contributed by atoms with van der Waals surface area (Å²) in [6.07, 6.45) is 1.44. The lowest BCUT2D eigenvalue weighted by Crippen LogP contribution is -2.46. The smallest absolute Gasteiger partial charge is 0.260 e. The van der Waals surface area contributed by atoms with Gasteiger partial charge in [0.05, 0.1) is 7.11 Å². The van der Waals surface area contributed by atoms with Gasteiger partial charge in [-0.25, -0.2) is 0 Å². The number of rotatable bonds is 5. The van der Waals surface area contributed by atoms with E-state index in [1.807, 2.05) is 12.1 Å². The summed E-state index contributed by atoms with van der Waals surface area (Å²) in [6, 6.07) is 7.48. The van der Waals surface area contributed by atoms with E-state index in [0.717, 1.165) is 31.7 Å². The Morgan fingerprint density at radius 2 is 1.85 bits per heavy atom. The largest absolute Gasteiger partial charge is 0.497 e. The van der Waals surface area contributed by atoms with Crippen LogP contribution in [-0.4, -0.2) is 38.3 Å². The molecule has 0 spiro atoms. The third-order valence-electron chi connectivity index (χ3n) is 3.43. The van der Waals surface area contributed by atoms with Gasteiger partial charge in [-0.3, -0.25) is 4.79 Å². The van der Waals surface area contributed by atoms with Gasteiger partial charge in [0.2, 0.25) is 0 Å². The summed E-state index contributed by atoms with van der Waals surface area (Å²) < 4.78 is 10.7. The molecule has 0 radical (unpaired) electrons. The Bertz CT molecular complexity index is 427. The molecule has 5 nitrogen and oxygen atoms in total. The maximum Gasteiger partial charge on any atom is 0.260 e. The molecular formula is C15H22N2O3. The minimum absolute atomic E-state index is 0.0623. The third-order valence-corrected chi connectivity index (χ3v) is 3.43. The summed E-state index contributed by atoms with van der Waals surface area (Å²) in [5.74, 6) is 1.37. The van der Waals surface area contributed by atoms with Crippen molar-refractivity contribution in [2.75, 3.05) is 20.2 Å². The van der Waals surface area contributed by atoms with Crippen LogP contribution in [0, 0.1) is 0 Å². The van der Waals surface area contributed by atoms with Gasteiger partial charge in [0.15, 0.2) is 6.10 Å². The standard InChI is InChI=1S/C15H22N2O3/c1-11(15(18)17-12-7-9-16-10-8-12)20-14-5-3-13(19-2)4-6-14/h3-6,11-12,16H,7-10H2,1-2H3,(H,17,18). The first-order valence-corrected chi connectivity index (χ1v) is 7.01. The van der Waals surface area contributed by atoms with E-state index in [-0.39, 0.29) is 11.9 Å². The molecule has 0 aliphatic carbocycles. The highest BCUT2D eigenvalue weighted by molar-refractivity contribution is 5.81. The fourth-order valence-electron chi connectivity index (χ4n) is 2.20. The molecule has 2 N–H and O–H groups in total. The Balaban J connectivity index is 1.83. The van der Waals surface area contributed by atoms with Gasteiger partial charge in [-0.05, 0) is 57.1 Å².